The van der Waals surface area contributed by atoms with Crippen LogP contribution in [-0.2, 0) is 4.79 Å². The monoisotopic (exact) mass is 267 g/mol. The Labute approximate surface area is 111 Å². The average Bonchev–Trinajstić information content (AvgIpc) is 2.37. The Morgan fingerprint density at radius 2 is 1.89 bits per heavy atom. The standard InChI is InChI=1S/C13H17NO3S/c1-9(13(16)17)8-14(2)12(15)10-4-6-11(18-3)7-5-10/h4-7,9H,8H2,1-3H3,(H,16,17). The molecular weight excluding hydrogens is 250 g/mol. The van der Waals surface area contributed by atoms with Crippen LogP contribution in [-0.4, -0.2) is 41.7 Å². The maximum absolute atomic E-state index is 12.0. The van der Waals surface area contributed by atoms with E-state index in [1.807, 2.05) is 18.4 Å². The number of carbonyl (C=O) groups excluding carboxylic acids is 1. The molecule has 1 unspecified atom stereocenters. The van der Waals surface area contributed by atoms with Crippen LogP contribution in [0.4, 0.5) is 0 Å². The average molecular weight is 267 g/mol. The van der Waals surface area contributed by atoms with E-state index < -0.39 is 11.9 Å². The number of aliphatic carboxylic acids is 1. The number of rotatable bonds is 5. The minimum atomic E-state index is -0.896. The Bertz CT molecular complexity index is 430. The summed E-state index contributed by atoms with van der Waals surface area (Å²) in [5.41, 5.74) is 0.577. The van der Waals surface area contributed by atoms with Crippen molar-refractivity contribution < 1.29 is 14.7 Å². The zero-order chi connectivity index (χ0) is 13.7. The van der Waals surface area contributed by atoms with E-state index in [-0.39, 0.29) is 12.5 Å². The number of benzene rings is 1. The Kier molecular flexibility index (Phi) is 5.22. The summed E-state index contributed by atoms with van der Waals surface area (Å²) in [5.74, 6) is -1.62. The summed E-state index contributed by atoms with van der Waals surface area (Å²) in [6.07, 6.45) is 1.97. The molecule has 5 heteroatoms. The molecule has 1 aromatic carbocycles. The first-order chi connectivity index (χ1) is 8.45. The molecule has 1 N–H and O–H groups in total. The maximum atomic E-state index is 12.0. The van der Waals surface area contributed by atoms with Crippen LogP contribution in [0.25, 0.3) is 0 Å². The quantitative estimate of drug-likeness (QED) is 0.831. The van der Waals surface area contributed by atoms with Crippen LogP contribution in [0.3, 0.4) is 0 Å². The second-order valence-electron chi connectivity index (χ2n) is 4.15. The third kappa shape index (κ3) is 3.77. The predicted molar refractivity (Wildman–Crippen MR) is 72.0 cm³/mol. The first kappa shape index (κ1) is 14.6. The van der Waals surface area contributed by atoms with Gasteiger partial charge in [0.25, 0.3) is 5.91 Å². The number of nitrogens with zero attached hydrogens (tertiary/aromatic N) is 1. The van der Waals surface area contributed by atoms with Gasteiger partial charge >= 0.3 is 5.97 Å². The summed E-state index contributed by atoms with van der Waals surface area (Å²) in [6.45, 7) is 1.79. The van der Waals surface area contributed by atoms with Crippen LogP contribution >= 0.6 is 11.8 Å². The first-order valence-corrected chi connectivity index (χ1v) is 6.80. The third-order valence-electron chi connectivity index (χ3n) is 2.65. The van der Waals surface area contributed by atoms with Gasteiger partial charge in [-0.05, 0) is 30.5 Å². The van der Waals surface area contributed by atoms with Crippen molar-refractivity contribution in [3.05, 3.63) is 29.8 Å². The molecule has 1 amide bonds. The molecule has 0 saturated carbocycles. The van der Waals surface area contributed by atoms with E-state index in [2.05, 4.69) is 0 Å². The van der Waals surface area contributed by atoms with Gasteiger partial charge in [-0.3, -0.25) is 9.59 Å². The molecule has 1 aromatic rings. The number of carboxylic acids is 1. The minimum absolute atomic E-state index is 0.157. The highest BCUT2D eigenvalue weighted by atomic mass is 32.2. The van der Waals surface area contributed by atoms with Crippen LogP contribution in [0.15, 0.2) is 29.2 Å². The van der Waals surface area contributed by atoms with E-state index in [9.17, 15) is 9.59 Å². The number of carbonyl (C=O) groups is 2. The van der Waals surface area contributed by atoms with Gasteiger partial charge in [0.05, 0.1) is 5.92 Å². The highest BCUT2D eigenvalue weighted by Crippen LogP contribution is 2.16. The zero-order valence-electron chi connectivity index (χ0n) is 10.7. The van der Waals surface area contributed by atoms with Crippen LogP contribution in [0.2, 0.25) is 0 Å². The molecule has 0 radical (unpaired) electrons. The molecule has 0 heterocycles. The highest BCUT2D eigenvalue weighted by molar-refractivity contribution is 7.98. The molecule has 1 rings (SSSR count). The molecule has 0 aromatic heterocycles. The number of thioether (sulfide) groups is 1. The highest BCUT2D eigenvalue weighted by Gasteiger charge is 2.18. The van der Waals surface area contributed by atoms with E-state index in [4.69, 9.17) is 5.11 Å². The molecule has 0 spiro atoms. The van der Waals surface area contributed by atoms with Crippen molar-refractivity contribution in [1.29, 1.82) is 0 Å². The predicted octanol–water partition coefficient (Wildman–Crippen LogP) is 2.20. The molecule has 0 fully saturated rings. The van der Waals surface area contributed by atoms with Gasteiger partial charge in [-0.15, -0.1) is 11.8 Å². The Balaban J connectivity index is 2.70. The molecule has 0 aliphatic carbocycles. The van der Waals surface area contributed by atoms with Gasteiger partial charge in [0.15, 0.2) is 0 Å². The van der Waals surface area contributed by atoms with Crippen molar-refractivity contribution in [3.63, 3.8) is 0 Å². The molecular formula is C13H17NO3S. The lowest BCUT2D eigenvalue weighted by atomic mass is 10.1. The summed E-state index contributed by atoms with van der Waals surface area (Å²) in [6, 6.07) is 7.28. The number of hydrogen-bond acceptors (Lipinski definition) is 3. The van der Waals surface area contributed by atoms with Gasteiger partial charge < -0.3 is 10.0 Å². The topological polar surface area (TPSA) is 57.6 Å². The largest absolute Gasteiger partial charge is 0.481 e. The van der Waals surface area contributed by atoms with Crippen molar-refractivity contribution in [3.8, 4) is 0 Å². The summed E-state index contributed by atoms with van der Waals surface area (Å²) in [4.78, 5) is 25.3. The second-order valence-corrected chi connectivity index (χ2v) is 5.03. The van der Waals surface area contributed by atoms with Crippen LogP contribution in [0.5, 0.6) is 0 Å². The van der Waals surface area contributed by atoms with Gasteiger partial charge in [0.2, 0.25) is 0 Å². The SMILES string of the molecule is CSc1ccc(C(=O)N(C)CC(C)C(=O)O)cc1. The lowest BCUT2D eigenvalue weighted by Gasteiger charge is -2.19. The molecule has 0 aliphatic rings. The Morgan fingerprint density at radius 1 is 1.33 bits per heavy atom. The maximum Gasteiger partial charge on any atom is 0.308 e. The zero-order valence-corrected chi connectivity index (χ0v) is 11.5. The van der Waals surface area contributed by atoms with Gasteiger partial charge in [-0.25, -0.2) is 0 Å². The number of carboxylic acid groups (broad SMARTS) is 1. The smallest absolute Gasteiger partial charge is 0.308 e. The molecule has 0 saturated heterocycles. The van der Waals surface area contributed by atoms with Gasteiger partial charge in [-0.1, -0.05) is 6.92 Å². The van der Waals surface area contributed by atoms with Crippen LogP contribution < -0.4 is 0 Å². The van der Waals surface area contributed by atoms with E-state index in [0.717, 1.165) is 4.90 Å². The lowest BCUT2D eigenvalue weighted by Crippen LogP contribution is -2.33. The number of amides is 1. The first-order valence-electron chi connectivity index (χ1n) is 5.58. The van der Waals surface area contributed by atoms with E-state index in [0.29, 0.717) is 5.56 Å². The second kappa shape index (κ2) is 6.44. The fourth-order valence-electron chi connectivity index (χ4n) is 1.53. The fourth-order valence-corrected chi connectivity index (χ4v) is 1.93. The van der Waals surface area contributed by atoms with E-state index in [1.54, 1.807) is 37.9 Å². The lowest BCUT2D eigenvalue weighted by molar-refractivity contribution is -0.141. The molecule has 0 bridgehead atoms. The van der Waals surface area contributed by atoms with Crippen molar-refractivity contribution in [2.45, 2.75) is 11.8 Å². The molecule has 98 valence electrons. The van der Waals surface area contributed by atoms with Crippen molar-refractivity contribution >= 4 is 23.6 Å². The van der Waals surface area contributed by atoms with Crippen molar-refractivity contribution in [2.24, 2.45) is 5.92 Å². The molecule has 0 aliphatic heterocycles. The van der Waals surface area contributed by atoms with Crippen LogP contribution in [0.1, 0.15) is 17.3 Å². The molecule has 18 heavy (non-hydrogen) atoms. The summed E-state index contributed by atoms with van der Waals surface area (Å²) in [7, 11) is 1.62. The number of hydrogen-bond donors (Lipinski definition) is 1. The molecule has 1 atom stereocenters. The Hall–Kier alpha value is -1.49. The summed E-state index contributed by atoms with van der Waals surface area (Å²) in [5, 5.41) is 8.81. The van der Waals surface area contributed by atoms with Gasteiger partial charge in [-0.2, -0.15) is 0 Å². The van der Waals surface area contributed by atoms with Crippen LogP contribution in [0, 0.1) is 5.92 Å². The summed E-state index contributed by atoms with van der Waals surface area (Å²) >= 11 is 1.61. The third-order valence-corrected chi connectivity index (χ3v) is 3.40. The minimum Gasteiger partial charge on any atom is -0.481 e. The van der Waals surface area contributed by atoms with E-state index in [1.165, 1.54) is 4.90 Å². The molecule has 4 nitrogen and oxygen atoms in total. The van der Waals surface area contributed by atoms with Crippen molar-refractivity contribution in [2.75, 3.05) is 19.8 Å². The van der Waals surface area contributed by atoms with Gasteiger partial charge in [0, 0.05) is 24.1 Å². The summed E-state index contributed by atoms with van der Waals surface area (Å²) < 4.78 is 0. The Morgan fingerprint density at radius 3 is 2.33 bits per heavy atom. The van der Waals surface area contributed by atoms with E-state index >= 15 is 0 Å². The van der Waals surface area contributed by atoms with Gasteiger partial charge in [0.1, 0.15) is 0 Å². The normalized spacial score (nSPS) is 11.9. The van der Waals surface area contributed by atoms with Crippen molar-refractivity contribution in [1.82, 2.24) is 4.90 Å². The fraction of sp³-hybridized carbons (Fsp3) is 0.385.